The molecule has 1 amide bonds. The Balaban J connectivity index is 1.51. The Labute approximate surface area is 163 Å². The minimum absolute atomic E-state index is 0.0675. The van der Waals surface area contributed by atoms with E-state index < -0.39 is 12.1 Å². The summed E-state index contributed by atoms with van der Waals surface area (Å²) in [7, 11) is 0. The summed E-state index contributed by atoms with van der Waals surface area (Å²) in [6.45, 7) is 3.74. The standard InChI is InChI=1S/C21H25N3O4/c1-14(19(25)23-10-4-2-3-5-11-23)28-21(27)15-8-9-16-17(13-15)22-18-7-6-12-24(18)20(16)26/h8-9,13-14H,2-7,10-12H2,1H3/t14-/m1/s1. The van der Waals surface area contributed by atoms with E-state index in [0.717, 1.165) is 57.4 Å². The van der Waals surface area contributed by atoms with Gasteiger partial charge in [0.2, 0.25) is 0 Å². The molecule has 0 aliphatic carbocycles. The van der Waals surface area contributed by atoms with Crippen LogP contribution >= 0.6 is 0 Å². The van der Waals surface area contributed by atoms with Crippen molar-refractivity contribution in [3.05, 3.63) is 39.9 Å². The number of amides is 1. The zero-order valence-corrected chi connectivity index (χ0v) is 16.1. The van der Waals surface area contributed by atoms with Gasteiger partial charge in [-0.2, -0.15) is 0 Å². The summed E-state index contributed by atoms with van der Waals surface area (Å²) in [6, 6.07) is 4.77. The van der Waals surface area contributed by atoms with Crippen LogP contribution in [-0.2, 0) is 22.5 Å². The highest BCUT2D eigenvalue weighted by atomic mass is 16.5. The van der Waals surface area contributed by atoms with Crippen molar-refractivity contribution in [3.8, 4) is 0 Å². The van der Waals surface area contributed by atoms with E-state index in [-0.39, 0.29) is 11.5 Å². The number of hydrogen-bond acceptors (Lipinski definition) is 5. The monoisotopic (exact) mass is 383 g/mol. The summed E-state index contributed by atoms with van der Waals surface area (Å²) in [5.74, 6) is 0.0397. The molecule has 7 nitrogen and oxygen atoms in total. The van der Waals surface area contributed by atoms with Crippen molar-refractivity contribution >= 4 is 22.8 Å². The number of benzene rings is 1. The average molecular weight is 383 g/mol. The summed E-state index contributed by atoms with van der Waals surface area (Å²) in [5, 5.41) is 0.496. The molecule has 0 bridgehead atoms. The molecule has 148 valence electrons. The van der Waals surface area contributed by atoms with Gasteiger partial charge in [0.1, 0.15) is 5.82 Å². The maximum absolute atomic E-state index is 12.6. The summed E-state index contributed by atoms with van der Waals surface area (Å²) in [4.78, 5) is 44.0. The fourth-order valence-electron chi connectivity index (χ4n) is 4.04. The molecule has 0 unspecified atom stereocenters. The number of aryl methyl sites for hydroxylation is 1. The van der Waals surface area contributed by atoms with Gasteiger partial charge in [0.15, 0.2) is 6.10 Å². The first-order valence-corrected chi connectivity index (χ1v) is 10.1. The van der Waals surface area contributed by atoms with E-state index in [1.165, 1.54) is 0 Å². The first-order valence-electron chi connectivity index (χ1n) is 10.1. The van der Waals surface area contributed by atoms with Gasteiger partial charge in [-0.3, -0.25) is 14.2 Å². The van der Waals surface area contributed by atoms with Gasteiger partial charge in [0, 0.05) is 26.1 Å². The maximum atomic E-state index is 12.6. The molecule has 0 spiro atoms. The number of esters is 1. The normalized spacial score (nSPS) is 17.8. The number of carbonyl (C=O) groups is 2. The van der Waals surface area contributed by atoms with Gasteiger partial charge in [0.25, 0.3) is 11.5 Å². The number of likely N-dealkylation sites (tertiary alicyclic amines) is 1. The Morgan fingerprint density at radius 2 is 1.82 bits per heavy atom. The summed E-state index contributed by atoms with van der Waals surface area (Å²) >= 11 is 0. The highest BCUT2D eigenvalue weighted by Gasteiger charge is 2.25. The SMILES string of the molecule is C[C@@H](OC(=O)c1ccc2c(=O)n3c(nc2c1)CCC3)C(=O)N1CCCCCC1. The van der Waals surface area contributed by atoms with Gasteiger partial charge in [-0.05, 0) is 44.4 Å². The van der Waals surface area contributed by atoms with E-state index in [1.807, 2.05) is 0 Å². The molecule has 1 aromatic carbocycles. The van der Waals surface area contributed by atoms with Crippen molar-refractivity contribution in [2.45, 2.75) is 58.1 Å². The first-order chi connectivity index (χ1) is 13.5. The molecular weight excluding hydrogens is 358 g/mol. The molecule has 0 radical (unpaired) electrons. The van der Waals surface area contributed by atoms with Crippen molar-refractivity contribution in [3.63, 3.8) is 0 Å². The van der Waals surface area contributed by atoms with Crippen LogP contribution in [0.3, 0.4) is 0 Å². The lowest BCUT2D eigenvalue weighted by Gasteiger charge is -2.24. The number of carbonyl (C=O) groups excluding carboxylic acids is 2. The zero-order chi connectivity index (χ0) is 19.7. The fraction of sp³-hybridized carbons (Fsp3) is 0.524. The van der Waals surface area contributed by atoms with Gasteiger partial charge in [-0.1, -0.05) is 12.8 Å². The van der Waals surface area contributed by atoms with Crippen LogP contribution < -0.4 is 5.56 Å². The zero-order valence-electron chi connectivity index (χ0n) is 16.1. The van der Waals surface area contributed by atoms with E-state index in [1.54, 1.807) is 34.6 Å². The summed E-state index contributed by atoms with van der Waals surface area (Å²) in [5.41, 5.74) is 0.735. The average Bonchev–Trinajstić information content (AvgIpc) is 3.00. The van der Waals surface area contributed by atoms with Crippen molar-refractivity contribution in [1.29, 1.82) is 0 Å². The van der Waals surface area contributed by atoms with Crippen molar-refractivity contribution in [1.82, 2.24) is 14.5 Å². The lowest BCUT2D eigenvalue weighted by atomic mass is 10.1. The molecule has 2 aliphatic rings. The van der Waals surface area contributed by atoms with Gasteiger partial charge < -0.3 is 9.64 Å². The molecule has 3 heterocycles. The van der Waals surface area contributed by atoms with Gasteiger partial charge in [0.05, 0.1) is 16.5 Å². The van der Waals surface area contributed by atoms with E-state index in [2.05, 4.69) is 4.98 Å². The van der Waals surface area contributed by atoms with Crippen LogP contribution in [0.1, 0.15) is 55.2 Å². The van der Waals surface area contributed by atoms with E-state index >= 15 is 0 Å². The van der Waals surface area contributed by atoms with Crippen LogP contribution in [0.2, 0.25) is 0 Å². The lowest BCUT2D eigenvalue weighted by Crippen LogP contribution is -2.40. The first kappa shape index (κ1) is 18.7. The Bertz CT molecular complexity index is 974. The number of aromatic nitrogens is 2. The smallest absolute Gasteiger partial charge is 0.338 e. The summed E-state index contributed by atoms with van der Waals surface area (Å²) < 4.78 is 7.12. The van der Waals surface area contributed by atoms with Crippen molar-refractivity contribution in [2.75, 3.05) is 13.1 Å². The minimum Gasteiger partial charge on any atom is -0.449 e. The molecular formula is C21H25N3O4. The second-order valence-corrected chi connectivity index (χ2v) is 7.61. The summed E-state index contributed by atoms with van der Waals surface area (Å²) in [6.07, 6.45) is 5.08. The molecule has 4 rings (SSSR count). The van der Waals surface area contributed by atoms with Crippen molar-refractivity contribution in [2.24, 2.45) is 0 Å². The molecule has 2 aromatic rings. The van der Waals surface area contributed by atoms with Crippen LogP contribution in [0.15, 0.2) is 23.0 Å². The molecule has 1 aromatic heterocycles. The second kappa shape index (κ2) is 7.73. The number of fused-ring (bicyclic) bond motifs is 2. The third-order valence-corrected chi connectivity index (χ3v) is 5.60. The third-order valence-electron chi connectivity index (χ3n) is 5.60. The van der Waals surface area contributed by atoms with Crippen LogP contribution in [0.25, 0.3) is 10.9 Å². The largest absolute Gasteiger partial charge is 0.449 e. The molecule has 7 heteroatoms. The molecule has 0 N–H and O–H groups in total. The molecule has 2 aliphatic heterocycles. The van der Waals surface area contributed by atoms with Crippen LogP contribution in [0.5, 0.6) is 0 Å². The van der Waals surface area contributed by atoms with Crippen molar-refractivity contribution < 1.29 is 14.3 Å². The number of ether oxygens (including phenoxy) is 1. The van der Waals surface area contributed by atoms with Gasteiger partial charge in [-0.25, -0.2) is 9.78 Å². The van der Waals surface area contributed by atoms with E-state index in [0.29, 0.717) is 23.0 Å². The van der Waals surface area contributed by atoms with Crippen LogP contribution in [-0.4, -0.2) is 45.5 Å². The quantitative estimate of drug-likeness (QED) is 0.760. The molecule has 0 saturated carbocycles. The number of hydrogen-bond donors (Lipinski definition) is 0. The molecule has 28 heavy (non-hydrogen) atoms. The highest BCUT2D eigenvalue weighted by molar-refractivity contribution is 5.95. The van der Waals surface area contributed by atoms with Crippen LogP contribution in [0.4, 0.5) is 0 Å². The van der Waals surface area contributed by atoms with Gasteiger partial charge in [-0.15, -0.1) is 0 Å². The third kappa shape index (κ3) is 3.53. The van der Waals surface area contributed by atoms with E-state index in [4.69, 9.17) is 4.74 Å². The number of nitrogens with zero attached hydrogens (tertiary/aromatic N) is 3. The highest BCUT2D eigenvalue weighted by Crippen LogP contribution is 2.18. The van der Waals surface area contributed by atoms with Crippen LogP contribution in [0, 0.1) is 0 Å². The Morgan fingerprint density at radius 1 is 1.07 bits per heavy atom. The lowest BCUT2D eigenvalue weighted by molar-refractivity contribution is -0.139. The minimum atomic E-state index is -0.833. The fourth-order valence-corrected chi connectivity index (χ4v) is 4.04. The predicted molar refractivity (Wildman–Crippen MR) is 104 cm³/mol. The Hall–Kier alpha value is -2.70. The van der Waals surface area contributed by atoms with E-state index in [9.17, 15) is 14.4 Å². The molecule has 1 atom stereocenters. The topological polar surface area (TPSA) is 81.5 Å². The Morgan fingerprint density at radius 3 is 2.57 bits per heavy atom. The Kier molecular flexibility index (Phi) is 5.15. The maximum Gasteiger partial charge on any atom is 0.338 e. The number of rotatable bonds is 3. The second-order valence-electron chi connectivity index (χ2n) is 7.61. The molecule has 1 saturated heterocycles. The van der Waals surface area contributed by atoms with Gasteiger partial charge >= 0.3 is 5.97 Å². The predicted octanol–water partition coefficient (Wildman–Crippen LogP) is 2.29. The molecule has 1 fully saturated rings.